The number of nitrogens with one attached hydrogen (secondary N) is 1. The van der Waals surface area contributed by atoms with Crippen molar-refractivity contribution in [2.75, 3.05) is 12.3 Å². The van der Waals surface area contributed by atoms with Crippen molar-refractivity contribution in [1.29, 1.82) is 0 Å². The zero-order valence-corrected chi connectivity index (χ0v) is 18.9. The molecule has 0 saturated heterocycles. The van der Waals surface area contributed by atoms with E-state index in [-0.39, 0.29) is 5.91 Å². The molecule has 3 nitrogen and oxygen atoms in total. The van der Waals surface area contributed by atoms with Crippen molar-refractivity contribution < 1.29 is 4.79 Å². The predicted octanol–water partition coefficient (Wildman–Crippen LogP) is 5.76. The van der Waals surface area contributed by atoms with Gasteiger partial charge < -0.3 is 9.88 Å². The summed E-state index contributed by atoms with van der Waals surface area (Å²) in [6, 6.07) is 25.3. The lowest BCUT2D eigenvalue weighted by molar-refractivity contribution is -0.118. The lowest BCUT2D eigenvalue weighted by Crippen LogP contribution is -2.27. The van der Waals surface area contributed by atoms with Crippen molar-refractivity contribution in [3.63, 3.8) is 0 Å². The van der Waals surface area contributed by atoms with Crippen molar-refractivity contribution in [2.45, 2.75) is 31.7 Å². The fraction of sp³-hybridized carbons (Fsp3) is 0.222. The van der Waals surface area contributed by atoms with E-state index in [0.717, 1.165) is 17.9 Å². The summed E-state index contributed by atoms with van der Waals surface area (Å²) in [4.78, 5) is 13.5. The first-order chi connectivity index (χ1) is 15.1. The molecule has 1 heterocycles. The monoisotopic (exact) mass is 428 g/mol. The van der Waals surface area contributed by atoms with Crippen molar-refractivity contribution in [2.24, 2.45) is 0 Å². The summed E-state index contributed by atoms with van der Waals surface area (Å²) in [7, 11) is 0. The normalized spacial score (nSPS) is 11.0. The Kier molecular flexibility index (Phi) is 6.78. The second-order valence-corrected chi connectivity index (χ2v) is 8.96. The number of hydrogen-bond donors (Lipinski definition) is 1. The number of hydrogen-bond acceptors (Lipinski definition) is 2. The van der Waals surface area contributed by atoms with Gasteiger partial charge in [0, 0.05) is 35.1 Å². The van der Waals surface area contributed by atoms with Crippen molar-refractivity contribution in [3.8, 4) is 0 Å². The Labute approximate surface area is 188 Å². The molecule has 31 heavy (non-hydrogen) atoms. The van der Waals surface area contributed by atoms with Gasteiger partial charge in [-0.2, -0.15) is 0 Å². The van der Waals surface area contributed by atoms with E-state index >= 15 is 0 Å². The number of carbonyl (C=O) groups is 1. The molecule has 0 radical (unpaired) electrons. The van der Waals surface area contributed by atoms with Gasteiger partial charge in [0.15, 0.2) is 0 Å². The maximum absolute atomic E-state index is 12.4. The molecule has 0 aliphatic rings. The van der Waals surface area contributed by atoms with Crippen molar-refractivity contribution in [3.05, 3.63) is 101 Å². The number of aromatic nitrogens is 1. The van der Waals surface area contributed by atoms with E-state index in [9.17, 15) is 4.79 Å². The molecule has 4 aromatic rings. The molecule has 0 spiro atoms. The number of fused-ring (bicyclic) bond motifs is 1. The average molecular weight is 429 g/mol. The van der Waals surface area contributed by atoms with Crippen LogP contribution in [0.2, 0.25) is 0 Å². The van der Waals surface area contributed by atoms with E-state index in [0.29, 0.717) is 12.3 Å². The predicted molar refractivity (Wildman–Crippen MR) is 131 cm³/mol. The average Bonchev–Trinajstić information content (AvgIpc) is 3.13. The standard InChI is InChI=1S/C27H28N2OS/c1-20-12-13-21(2)23(16-20)17-29-18-26(24-10-6-7-11-25(24)29)31-19-27(30)28-15-14-22-8-4-3-5-9-22/h3-13,16,18H,14-15,17,19H2,1-2H3,(H,28,30). The van der Waals surface area contributed by atoms with Gasteiger partial charge in [0.05, 0.1) is 5.75 Å². The van der Waals surface area contributed by atoms with Crippen LogP contribution in [0, 0.1) is 13.8 Å². The Balaban J connectivity index is 1.42. The van der Waals surface area contributed by atoms with E-state index in [1.54, 1.807) is 11.8 Å². The van der Waals surface area contributed by atoms with Crippen LogP contribution in [0.3, 0.4) is 0 Å². The molecular formula is C27H28N2OS. The molecule has 0 atom stereocenters. The highest BCUT2D eigenvalue weighted by Crippen LogP contribution is 2.30. The number of rotatable bonds is 8. The van der Waals surface area contributed by atoms with Crippen LogP contribution in [0.1, 0.15) is 22.3 Å². The summed E-state index contributed by atoms with van der Waals surface area (Å²) in [5, 5.41) is 4.25. The van der Waals surface area contributed by atoms with Gasteiger partial charge in [0.1, 0.15) is 0 Å². The third-order valence-corrected chi connectivity index (χ3v) is 6.58. The lowest BCUT2D eigenvalue weighted by atomic mass is 10.1. The Morgan fingerprint density at radius 3 is 2.58 bits per heavy atom. The second kappa shape index (κ2) is 9.88. The fourth-order valence-corrected chi connectivity index (χ4v) is 4.72. The van der Waals surface area contributed by atoms with E-state index in [4.69, 9.17) is 0 Å². The van der Waals surface area contributed by atoms with Gasteiger partial charge in [-0.05, 0) is 43.0 Å². The number of para-hydroxylation sites is 1. The molecule has 3 aromatic carbocycles. The van der Waals surface area contributed by atoms with Crippen LogP contribution in [0.15, 0.2) is 83.9 Å². The summed E-state index contributed by atoms with van der Waals surface area (Å²) in [6.45, 7) is 5.79. The van der Waals surface area contributed by atoms with Gasteiger partial charge in [0.2, 0.25) is 5.91 Å². The second-order valence-electron chi connectivity index (χ2n) is 7.94. The highest BCUT2D eigenvalue weighted by Gasteiger charge is 2.12. The Morgan fingerprint density at radius 2 is 1.74 bits per heavy atom. The molecule has 0 fully saturated rings. The Morgan fingerprint density at radius 1 is 0.968 bits per heavy atom. The van der Waals surface area contributed by atoms with Crippen LogP contribution >= 0.6 is 11.8 Å². The van der Waals surface area contributed by atoms with Gasteiger partial charge in [0.25, 0.3) is 0 Å². The summed E-state index contributed by atoms with van der Waals surface area (Å²) in [5.41, 5.74) is 6.35. The molecule has 0 aliphatic heterocycles. The summed E-state index contributed by atoms with van der Waals surface area (Å²) >= 11 is 1.61. The first kappa shape index (κ1) is 21.3. The van der Waals surface area contributed by atoms with Gasteiger partial charge in [-0.15, -0.1) is 11.8 Å². The van der Waals surface area contributed by atoms with Crippen LogP contribution in [0.4, 0.5) is 0 Å². The minimum atomic E-state index is 0.0762. The first-order valence-corrected chi connectivity index (χ1v) is 11.7. The van der Waals surface area contributed by atoms with Gasteiger partial charge in [-0.1, -0.05) is 72.3 Å². The topological polar surface area (TPSA) is 34.0 Å². The van der Waals surface area contributed by atoms with Crippen LogP contribution < -0.4 is 5.32 Å². The van der Waals surface area contributed by atoms with Gasteiger partial charge in [-0.3, -0.25) is 4.79 Å². The minimum Gasteiger partial charge on any atom is -0.355 e. The molecule has 0 unspecified atom stereocenters. The maximum Gasteiger partial charge on any atom is 0.230 e. The van der Waals surface area contributed by atoms with E-state index in [1.165, 1.54) is 33.2 Å². The highest BCUT2D eigenvalue weighted by atomic mass is 32.2. The first-order valence-electron chi connectivity index (χ1n) is 10.7. The molecule has 0 bridgehead atoms. The van der Waals surface area contributed by atoms with Crippen molar-refractivity contribution in [1.82, 2.24) is 9.88 Å². The minimum absolute atomic E-state index is 0.0762. The number of aryl methyl sites for hydroxylation is 2. The summed E-state index contributed by atoms with van der Waals surface area (Å²) in [5.74, 6) is 0.499. The van der Waals surface area contributed by atoms with E-state index in [1.807, 2.05) is 18.2 Å². The molecular weight excluding hydrogens is 400 g/mol. The fourth-order valence-electron chi connectivity index (χ4n) is 3.80. The van der Waals surface area contributed by atoms with Crippen LogP contribution in [-0.2, 0) is 17.8 Å². The summed E-state index contributed by atoms with van der Waals surface area (Å²) in [6.07, 6.45) is 3.04. The third-order valence-electron chi connectivity index (χ3n) is 5.53. The van der Waals surface area contributed by atoms with Crippen molar-refractivity contribution >= 4 is 28.6 Å². The van der Waals surface area contributed by atoms with E-state index in [2.05, 4.69) is 84.5 Å². The van der Waals surface area contributed by atoms with Crippen LogP contribution in [0.25, 0.3) is 10.9 Å². The summed E-state index contributed by atoms with van der Waals surface area (Å²) < 4.78 is 2.30. The molecule has 158 valence electrons. The number of thioether (sulfide) groups is 1. The molecule has 1 amide bonds. The maximum atomic E-state index is 12.4. The number of nitrogens with zero attached hydrogens (tertiary/aromatic N) is 1. The number of benzene rings is 3. The molecule has 0 saturated carbocycles. The quantitative estimate of drug-likeness (QED) is 0.362. The number of carbonyl (C=O) groups excluding carboxylic acids is 1. The third kappa shape index (κ3) is 5.39. The zero-order chi connectivity index (χ0) is 21.6. The molecule has 4 rings (SSSR count). The van der Waals surface area contributed by atoms with Gasteiger partial charge in [-0.25, -0.2) is 0 Å². The molecule has 0 aliphatic carbocycles. The largest absolute Gasteiger partial charge is 0.355 e. The number of amides is 1. The van der Waals surface area contributed by atoms with Crippen LogP contribution in [0.5, 0.6) is 0 Å². The lowest BCUT2D eigenvalue weighted by Gasteiger charge is -2.09. The molecule has 1 aromatic heterocycles. The SMILES string of the molecule is Cc1ccc(C)c(Cn2cc(SCC(=O)NCCc3ccccc3)c3ccccc32)c1. The Bertz CT molecular complexity index is 1180. The zero-order valence-electron chi connectivity index (χ0n) is 18.1. The highest BCUT2D eigenvalue weighted by molar-refractivity contribution is 8.00. The van der Waals surface area contributed by atoms with E-state index < -0.39 is 0 Å². The van der Waals surface area contributed by atoms with Gasteiger partial charge >= 0.3 is 0 Å². The molecule has 1 N–H and O–H groups in total. The molecule has 4 heteroatoms. The Hall–Kier alpha value is -2.98. The smallest absolute Gasteiger partial charge is 0.230 e. The van der Waals surface area contributed by atoms with Crippen LogP contribution in [-0.4, -0.2) is 22.8 Å².